The van der Waals surface area contributed by atoms with Crippen molar-refractivity contribution in [2.75, 3.05) is 29.6 Å². The van der Waals surface area contributed by atoms with Gasteiger partial charge < -0.3 is 10.2 Å². The second kappa shape index (κ2) is 9.09. The zero-order valence-electron chi connectivity index (χ0n) is 16.4. The molecule has 1 aliphatic heterocycles. The maximum atomic E-state index is 12.8. The summed E-state index contributed by atoms with van der Waals surface area (Å²) in [6, 6.07) is 22.0. The summed E-state index contributed by atoms with van der Waals surface area (Å²) >= 11 is 1.67. The molecule has 0 saturated carbocycles. The van der Waals surface area contributed by atoms with Gasteiger partial charge in [0.25, 0.3) is 0 Å². The molecule has 0 bridgehead atoms. The highest BCUT2D eigenvalue weighted by Crippen LogP contribution is 2.25. The van der Waals surface area contributed by atoms with Gasteiger partial charge in [0.05, 0.1) is 11.6 Å². The minimum Gasteiger partial charge on any atom is -0.354 e. The van der Waals surface area contributed by atoms with E-state index in [0.717, 1.165) is 47.0 Å². The van der Waals surface area contributed by atoms with Crippen LogP contribution >= 0.6 is 11.8 Å². The van der Waals surface area contributed by atoms with Crippen molar-refractivity contribution < 1.29 is 4.79 Å². The number of nitrogens with zero attached hydrogens (tertiary/aromatic N) is 3. The molecular weight excluding hydrogens is 380 g/mol. The molecule has 1 atom stereocenters. The molecular formula is C23H24N4OS. The lowest BCUT2D eigenvalue weighted by Crippen LogP contribution is -2.41. The molecule has 6 heteroatoms. The van der Waals surface area contributed by atoms with Gasteiger partial charge in [0.2, 0.25) is 5.91 Å². The van der Waals surface area contributed by atoms with E-state index in [4.69, 9.17) is 0 Å². The fourth-order valence-electron chi connectivity index (χ4n) is 3.60. The molecule has 1 unspecified atom stereocenters. The second-order valence-electron chi connectivity index (χ2n) is 7.15. The fourth-order valence-corrected chi connectivity index (χ4v) is 4.06. The van der Waals surface area contributed by atoms with Crippen LogP contribution in [-0.2, 0) is 4.79 Å². The number of amides is 1. The molecule has 1 fully saturated rings. The molecule has 2 heterocycles. The lowest BCUT2D eigenvalue weighted by atomic mass is 9.97. The molecule has 29 heavy (non-hydrogen) atoms. The number of hydrogen-bond donors (Lipinski definition) is 1. The summed E-state index contributed by atoms with van der Waals surface area (Å²) in [6.45, 7) is 1.55. The second-order valence-corrected chi connectivity index (χ2v) is 8.03. The maximum absolute atomic E-state index is 12.8. The quantitative estimate of drug-likeness (QED) is 0.624. The van der Waals surface area contributed by atoms with E-state index in [9.17, 15) is 4.79 Å². The topological polar surface area (TPSA) is 58.1 Å². The zero-order chi connectivity index (χ0) is 20.1. The van der Waals surface area contributed by atoms with Gasteiger partial charge >= 0.3 is 0 Å². The average Bonchev–Trinajstić information content (AvgIpc) is 2.80. The molecule has 0 aliphatic carbocycles. The average molecular weight is 405 g/mol. The Morgan fingerprint density at radius 2 is 1.93 bits per heavy atom. The van der Waals surface area contributed by atoms with Gasteiger partial charge in [-0.3, -0.25) is 4.79 Å². The summed E-state index contributed by atoms with van der Waals surface area (Å²) in [4.78, 5) is 16.1. The monoisotopic (exact) mass is 404 g/mol. The Labute approximate surface area is 175 Å². The van der Waals surface area contributed by atoms with Crippen molar-refractivity contribution in [2.24, 2.45) is 5.92 Å². The summed E-state index contributed by atoms with van der Waals surface area (Å²) in [6.07, 6.45) is 3.88. The van der Waals surface area contributed by atoms with Crippen molar-refractivity contribution in [1.29, 1.82) is 0 Å². The molecule has 0 radical (unpaired) electrons. The van der Waals surface area contributed by atoms with Crippen molar-refractivity contribution in [3.05, 3.63) is 66.7 Å². The van der Waals surface area contributed by atoms with Crippen molar-refractivity contribution in [3.63, 3.8) is 0 Å². The van der Waals surface area contributed by atoms with Gasteiger partial charge in [0, 0.05) is 29.2 Å². The van der Waals surface area contributed by atoms with Crippen LogP contribution in [0.3, 0.4) is 0 Å². The molecule has 1 aromatic heterocycles. The Bertz CT molecular complexity index is 962. The first kappa shape index (κ1) is 19.5. The highest BCUT2D eigenvalue weighted by atomic mass is 32.2. The van der Waals surface area contributed by atoms with Crippen molar-refractivity contribution >= 4 is 29.2 Å². The summed E-state index contributed by atoms with van der Waals surface area (Å²) < 4.78 is 0. The van der Waals surface area contributed by atoms with Gasteiger partial charge in [-0.1, -0.05) is 36.4 Å². The highest BCUT2D eigenvalue weighted by molar-refractivity contribution is 7.98. The van der Waals surface area contributed by atoms with Crippen LogP contribution in [0.2, 0.25) is 0 Å². The molecule has 1 saturated heterocycles. The molecule has 5 nitrogen and oxygen atoms in total. The third-order valence-electron chi connectivity index (χ3n) is 5.17. The number of aromatic nitrogens is 2. The first-order valence-electron chi connectivity index (χ1n) is 9.82. The number of rotatable bonds is 5. The van der Waals surface area contributed by atoms with Gasteiger partial charge in [-0.2, -0.15) is 0 Å². The molecule has 1 aliphatic rings. The summed E-state index contributed by atoms with van der Waals surface area (Å²) in [7, 11) is 0. The number of anilines is 2. The van der Waals surface area contributed by atoms with E-state index in [-0.39, 0.29) is 11.8 Å². The number of piperidine rings is 1. The zero-order valence-corrected chi connectivity index (χ0v) is 17.2. The number of hydrogen-bond acceptors (Lipinski definition) is 5. The van der Waals surface area contributed by atoms with Gasteiger partial charge in [-0.25, -0.2) is 0 Å². The lowest BCUT2D eigenvalue weighted by molar-refractivity contribution is -0.120. The van der Waals surface area contributed by atoms with Crippen molar-refractivity contribution in [1.82, 2.24) is 10.2 Å². The molecule has 1 amide bonds. The van der Waals surface area contributed by atoms with E-state index in [2.05, 4.69) is 20.4 Å². The number of benzene rings is 2. The van der Waals surface area contributed by atoms with Crippen molar-refractivity contribution in [3.8, 4) is 11.3 Å². The highest BCUT2D eigenvalue weighted by Gasteiger charge is 2.27. The minimum absolute atomic E-state index is 0.0581. The Hall–Kier alpha value is -2.86. The number of carbonyl (C=O) groups is 1. The van der Waals surface area contributed by atoms with Gasteiger partial charge in [-0.05, 0) is 49.4 Å². The Balaban J connectivity index is 1.42. The minimum atomic E-state index is -0.0581. The van der Waals surface area contributed by atoms with Crippen LogP contribution in [0.15, 0.2) is 71.6 Å². The SMILES string of the molecule is CSc1cccc(NC(=O)C2CCCN(c3ccc(-c4ccccc4)nn3)C2)c1. The fraction of sp³-hybridized carbons (Fsp3) is 0.261. The largest absolute Gasteiger partial charge is 0.354 e. The molecule has 148 valence electrons. The number of nitrogens with one attached hydrogen (secondary N) is 1. The normalized spacial score (nSPS) is 16.4. The Morgan fingerprint density at radius 1 is 1.07 bits per heavy atom. The van der Waals surface area contributed by atoms with Crippen LogP contribution in [0.4, 0.5) is 11.5 Å². The summed E-state index contributed by atoms with van der Waals surface area (Å²) in [5, 5.41) is 11.9. The first-order valence-corrected chi connectivity index (χ1v) is 11.0. The standard InChI is InChI=1S/C23H24N4OS/c1-29-20-11-5-10-19(15-20)24-23(28)18-9-6-14-27(16-18)22-13-12-21(25-26-22)17-7-3-2-4-8-17/h2-5,7-8,10-13,15,18H,6,9,14,16H2,1H3,(H,24,28). The Kier molecular flexibility index (Phi) is 6.10. The van der Waals surface area contributed by atoms with E-state index in [0.29, 0.717) is 6.54 Å². The van der Waals surface area contributed by atoms with Gasteiger partial charge in [0.1, 0.15) is 0 Å². The van der Waals surface area contributed by atoms with Gasteiger partial charge in [-0.15, -0.1) is 22.0 Å². The summed E-state index contributed by atoms with van der Waals surface area (Å²) in [5.41, 5.74) is 2.76. The van der Waals surface area contributed by atoms with Crippen LogP contribution in [-0.4, -0.2) is 35.4 Å². The first-order chi connectivity index (χ1) is 14.2. The Morgan fingerprint density at radius 3 is 2.69 bits per heavy atom. The maximum Gasteiger partial charge on any atom is 0.229 e. The molecule has 4 rings (SSSR count). The van der Waals surface area contributed by atoms with Crippen LogP contribution in [0.1, 0.15) is 12.8 Å². The van der Waals surface area contributed by atoms with Crippen LogP contribution in [0, 0.1) is 5.92 Å². The van der Waals surface area contributed by atoms with Gasteiger partial charge in [0.15, 0.2) is 5.82 Å². The lowest BCUT2D eigenvalue weighted by Gasteiger charge is -2.32. The van der Waals surface area contributed by atoms with E-state index in [1.165, 1.54) is 0 Å². The van der Waals surface area contributed by atoms with E-state index in [1.807, 2.05) is 73.0 Å². The summed E-state index contributed by atoms with van der Waals surface area (Å²) in [5.74, 6) is 0.839. The smallest absolute Gasteiger partial charge is 0.229 e. The predicted octanol–water partition coefficient (Wildman–Crippen LogP) is 4.72. The molecule has 3 aromatic rings. The third-order valence-corrected chi connectivity index (χ3v) is 5.90. The number of carbonyl (C=O) groups excluding carboxylic acids is 1. The van der Waals surface area contributed by atoms with Crippen molar-refractivity contribution in [2.45, 2.75) is 17.7 Å². The molecule has 1 N–H and O–H groups in total. The number of thioether (sulfide) groups is 1. The van der Waals surface area contributed by atoms with E-state index < -0.39 is 0 Å². The van der Waals surface area contributed by atoms with Crippen LogP contribution in [0.25, 0.3) is 11.3 Å². The molecule has 2 aromatic carbocycles. The predicted molar refractivity (Wildman–Crippen MR) is 119 cm³/mol. The molecule has 0 spiro atoms. The third kappa shape index (κ3) is 4.77. The van der Waals surface area contributed by atoms with E-state index in [1.54, 1.807) is 11.8 Å². The van der Waals surface area contributed by atoms with Crippen LogP contribution in [0.5, 0.6) is 0 Å². The van der Waals surface area contributed by atoms with Crippen LogP contribution < -0.4 is 10.2 Å². The van der Waals surface area contributed by atoms with E-state index >= 15 is 0 Å².